The third kappa shape index (κ3) is 3.67. The van der Waals surface area contributed by atoms with Crippen LogP contribution >= 0.6 is 24.8 Å². The largest absolute Gasteiger partial charge is 0.147 e. The second-order valence-corrected chi connectivity index (χ2v) is 8.22. The van der Waals surface area contributed by atoms with E-state index in [1.54, 1.807) is 18.9 Å². The number of halogens is 2. The SMILES string of the molecule is CC1=C(C)C(C)(C)[C]([Ti][c]2c(C)cccc2C)=C1C.Cl.Cl. The first-order chi connectivity index (χ1) is 8.76. The van der Waals surface area contributed by atoms with E-state index in [9.17, 15) is 0 Å². The second-order valence-electron chi connectivity index (χ2n) is 6.27. The predicted octanol–water partition coefficient (Wildman–Crippen LogP) is 5.51. The van der Waals surface area contributed by atoms with Crippen molar-refractivity contribution in [3.8, 4) is 0 Å². The van der Waals surface area contributed by atoms with Gasteiger partial charge in [-0.05, 0) is 0 Å². The van der Waals surface area contributed by atoms with Gasteiger partial charge in [0.1, 0.15) is 0 Å². The molecule has 2 rings (SSSR count). The molecule has 0 amide bonds. The summed E-state index contributed by atoms with van der Waals surface area (Å²) < 4.78 is 3.35. The van der Waals surface area contributed by atoms with Crippen molar-refractivity contribution < 1.29 is 19.2 Å². The Balaban J connectivity index is 0.00000200. The van der Waals surface area contributed by atoms with E-state index >= 15 is 0 Å². The van der Waals surface area contributed by atoms with Crippen LogP contribution in [0.1, 0.15) is 45.7 Å². The molecule has 0 aromatic heterocycles. The van der Waals surface area contributed by atoms with E-state index in [1.165, 1.54) is 16.7 Å². The molecule has 0 nitrogen and oxygen atoms in total. The molecule has 0 heterocycles. The van der Waals surface area contributed by atoms with Crippen molar-refractivity contribution in [3.05, 3.63) is 49.9 Å². The molecule has 0 atom stereocenters. The summed E-state index contributed by atoms with van der Waals surface area (Å²) in [7, 11) is 0. The summed E-state index contributed by atoms with van der Waals surface area (Å²) in [6.45, 7) is 16.2. The van der Waals surface area contributed by atoms with Crippen molar-refractivity contribution in [1.29, 1.82) is 0 Å². The molecule has 116 valence electrons. The third-order valence-corrected chi connectivity index (χ3v) is 8.37. The van der Waals surface area contributed by atoms with E-state index < -0.39 is 0 Å². The zero-order valence-electron chi connectivity index (χ0n) is 14.0. The third-order valence-electron chi connectivity index (χ3n) is 4.79. The van der Waals surface area contributed by atoms with Crippen LogP contribution in [0.3, 0.4) is 0 Å². The molecule has 0 spiro atoms. The molecule has 1 aromatic carbocycles. The summed E-state index contributed by atoms with van der Waals surface area (Å²) in [5, 5.41) is 0. The minimum absolute atomic E-state index is 0. The molecule has 21 heavy (non-hydrogen) atoms. The minimum atomic E-state index is -0.224. The first-order valence-corrected chi connectivity index (χ1v) is 8.56. The van der Waals surface area contributed by atoms with Gasteiger partial charge in [-0.2, -0.15) is 0 Å². The zero-order valence-corrected chi connectivity index (χ0v) is 17.2. The van der Waals surface area contributed by atoms with E-state index in [2.05, 4.69) is 66.7 Å². The molecule has 0 unspecified atom stereocenters. The van der Waals surface area contributed by atoms with Crippen LogP contribution in [0.5, 0.6) is 0 Å². The summed E-state index contributed by atoms with van der Waals surface area (Å²) in [4.78, 5) is 0. The van der Waals surface area contributed by atoms with Gasteiger partial charge in [-0.3, -0.25) is 0 Å². The molecule has 0 bridgehead atoms. The van der Waals surface area contributed by atoms with Crippen molar-refractivity contribution in [3.63, 3.8) is 0 Å². The van der Waals surface area contributed by atoms with Gasteiger partial charge in [0, 0.05) is 0 Å². The van der Waals surface area contributed by atoms with E-state index in [1.807, 2.05) is 0 Å². The molecule has 1 aliphatic carbocycles. The van der Waals surface area contributed by atoms with Crippen LogP contribution < -0.4 is 3.87 Å². The Morgan fingerprint density at radius 2 is 1.29 bits per heavy atom. The average Bonchev–Trinajstić information content (AvgIpc) is 2.48. The van der Waals surface area contributed by atoms with Gasteiger partial charge < -0.3 is 0 Å². The van der Waals surface area contributed by atoms with Gasteiger partial charge in [-0.15, -0.1) is 24.8 Å². The van der Waals surface area contributed by atoms with Gasteiger partial charge in [-0.1, -0.05) is 0 Å². The average molecular weight is 361 g/mol. The van der Waals surface area contributed by atoms with Crippen LogP contribution in [-0.4, -0.2) is 0 Å². The van der Waals surface area contributed by atoms with Gasteiger partial charge in [-0.25, -0.2) is 0 Å². The molecule has 0 radical (unpaired) electrons. The van der Waals surface area contributed by atoms with Gasteiger partial charge >= 0.3 is 127 Å². The fourth-order valence-electron chi connectivity index (χ4n) is 2.98. The van der Waals surface area contributed by atoms with E-state index in [-0.39, 0.29) is 49.4 Å². The summed E-state index contributed by atoms with van der Waals surface area (Å²) in [5.74, 6) is 0. The van der Waals surface area contributed by atoms with E-state index in [4.69, 9.17) is 0 Å². The van der Waals surface area contributed by atoms with Gasteiger partial charge in [0.05, 0.1) is 0 Å². The fraction of sp³-hybridized carbons (Fsp3) is 0.444. The normalized spacial score (nSPS) is 16.5. The molecular formula is C18H26Cl2Ti. The first kappa shape index (κ1) is 21.0. The predicted molar refractivity (Wildman–Crippen MR) is 94.9 cm³/mol. The minimum Gasteiger partial charge on any atom is -0.147 e. The first-order valence-electron chi connectivity index (χ1n) is 6.99. The summed E-state index contributed by atoms with van der Waals surface area (Å²) in [5.41, 5.74) is 7.86. The van der Waals surface area contributed by atoms with Gasteiger partial charge in [0.25, 0.3) is 0 Å². The Kier molecular flexibility index (Phi) is 7.51. The number of benzene rings is 1. The second kappa shape index (κ2) is 7.51. The number of aryl methyl sites for hydroxylation is 2. The molecule has 0 saturated heterocycles. The Labute approximate surface area is 151 Å². The van der Waals surface area contributed by atoms with Crippen LogP contribution in [0.15, 0.2) is 38.8 Å². The fourth-order valence-corrected chi connectivity index (χ4v) is 5.61. The standard InChI is InChI=1S/C10H15.C8H9.2ClH.Ti/c1-7-6-10(4,5)9(3)8(7)2;1-7-4-3-5-8(2)6-7;;;/h1-5H3;3-5H,1-2H3;2*1H;. The monoisotopic (exact) mass is 360 g/mol. The Hall–Kier alpha value is -0.00571. The Morgan fingerprint density at radius 1 is 0.810 bits per heavy atom. The number of rotatable bonds is 2. The molecule has 0 N–H and O–H groups in total. The Bertz CT molecular complexity index is 575. The number of hydrogen-bond donors (Lipinski definition) is 0. The van der Waals surface area contributed by atoms with E-state index in [0.29, 0.717) is 0 Å². The summed E-state index contributed by atoms with van der Waals surface area (Å²) >= 11 is -0.224. The van der Waals surface area contributed by atoms with Crippen molar-refractivity contribution in [2.75, 3.05) is 0 Å². The van der Waals surface area contributed by atoms with Crippen LogP contribution in [0.2, 0.25) is 0 Å². The van der Waals surface area contributed by atoms with Crippen molar-refractivity contribution in [2.24, 2.45) is 5.41 Å². The Morgan fingerprint density at radius 3 is 1.67 bits per heavy atom. The van der Waals surface area contributed by atoms with Crippen molar-refractivity contribution in [1.82, 2.24) is 0 Å². The van der Waals surface area contributed by atoms with Gasteiger partial charge in [0.2, 0.25) is 0 Å². The van der Waals surface area contributed by atoms with Crippen LogP contribution in [0.25, 0.3) is 0 Å². The topological polar surface area (TPSA) is 0 Å². The molecule has 1 aliphatic rings. The molecule has 0 saturated carbocycles. The van der Waals surface area contributed by atoms with Crippen molar-refractivity contribution >= 4 is 28.7 Å². The molecule has 3 heteroatoms. The van der Waals surface area contributed by atoms with Crippen LogP contribution in [-0.2, 0) is 19.2 Å². The van der Waals surface area contributed by atoms with Crippen LogP contribution in [0.4, 0.5) is 0 Å². The maximum absolute atomic E-state index is 2.40. The maximum atomic E-state index is 2.40. The van der Waals surface area contributed by atoms with Crippen molar-refractivity contribution in [2.45, 2.75) is 48.5 Å². The molecule has 1 aromatic rings. The quantitative estimate of drug-likeness (QED) is 0.610. The van der Waals surface area contributed by atoms with E-state index in [0.717, 1.165) is 0 Å². The maximum Gasteiger partial charge on any atom is -0.147 e. The summed E-state index contributed by atoms with van der Waals surface area (Å²) in [6, 6.07) is 6.70. The number of hydrogen-bond acceptors (Lipinski definition) is 0. The summed E-state index contributed by atoms with van der Waals surface area (Å²) in [6.07, 6.45) is 0. The van der Waals surface area contributed by atoms with Crippen LogP contribution in [0, 0.1) is 19.3 Å². The number of allylic oxidation sites excluding steroid dienone is 4. The smallest absolute Gasteiger partial charge is 0.147 e. The molecular weight excluding hydrogens is 335 g/mol. The van der Waals surface area contributed by atoms with Gasteiger partial charge in [0.15, 0.2) is 0 Å². The zero-order chi connectivity index (χ0) is 14.4. The molecule has 0 fully saturated rings. The molecule has 0 aliphatic heterocycles.